The van der Waals surface area contributed by atoms with Gasteiger partial charge in [-0.1, -0.05) is 35.7 Å². The van der Waals surface area contributed by atoms with E-state index in [0.717, 1.165) is 22.4 Å². The normalized spacial score (nSPS) is 13.5. The zero-order valence-electron chi connectivity index (χ0n) is 16.3. The van der Waals surface area contributed by atoms with E-state index in [0.29, 0.717) is 36.5 Å². The number of methoxy groups -OCH3 is 1. The van der Waals surface area contributed by atoms with Crippen LogP contribution >= 0.6 is 11.6 Å². The monoisotopic (exact) mass is 422 g/mol. The lowest BCUT2D eigenvalue weighted by molar-refractivity contribution is -0.0460. The van der Waals surface area contributed by atoms with Crippen molar-refractivity contribution in [2.45, 2.75) is 12.9 Å². The number of hydrogen-bond acceptors (Lipinski definition) is 6. The van der Waals surface area contributed by atoms with Crippen LogP contribution in [0, 0.1) is 11.8 Å². The molecule has 2 aromatic carbocycles. The average molecular weight is 423 g/mol. The van der Waals surface area contributed by atoms with Crippen LogP contribution in [0.3, 0.4) is 0 Å². The second-order valence-corrected chi connectivity index (χ2v) is 6.77. The van der Waals surface area contributed by atoms with Crippen molar-refractivity contribution < 1.29 is 18.9 Å². The van der Waals surface area contributed by atoms with Crippen LogP contribution in [0.25, 0.3) is 0 Å². The van der Waals surface area contributed by atoms with E-state index in [1.54, 1.807) is 19.4 Å². The van der Waals surface area contributed by atoms with Crippen molar-refractivity contribution in [1.29, 1.82) is 0 Å². The van der Waals surface area contributed by atoms with E-state index < -0.39 is 6.29 Å². The summed E-state index contributed by atoms with van der Waals surface area (Å²) < 4.78 is 22.8. The van der Waals surface area contributed by atoms with Crippen LogP contribution in [0.1, 0.15) is 28.8 Å². The summed E-state index contributed by atoms with van der Waals surface area (Å²) in [6, 6.07) is 15.0. The molecule has 1 aliphatic rings. The molecule has 7 heteroatoms. The van der Waals surface area contributed by atoms with Crippen molar-refractivity contribution in [3.8, 4) is 23.3 Å². The Morgan fingerprint density at radius 2 is 1.87 bits per heavy atom. The van der Waals surface area contributed by atoms with Gasteiger partial charge in [0.2, 0.25) is 5.82 Å². The number of rotatable bonds is 5. The minimum absolute atomic E-state index is 0.339. The molecule has 4 rings (SSSR count). The summed E-state index contributed by atoms with van der Waals surface area (Å²) in [6.07, 6.45) is 1.03. The zero-order chi connectivity index (χ0) is 20.8. The lowest BCUT2D eigenvalue weighted by Gasteiger charge is -2.17. The first-order valence-electron chi connectivity index (χ1n) is 9.35. The van der Waals surface area contributed by atoms with Crippen LogP contribution in [0.2, 0.25) is 5.15 Å². The summed E-state index contributed by atoms with van der Waals surface area (Å²) in [4.78, 5) is 8.23. The lowest BCUT2D eigenvalue weighted by Crippen LogP contribution is -2.06. The molecule has 0 amide bonds. The molecule has 30 heavy (non-hydrogen) atoms. The number of ether oxygens (including phenoxy) is 4. The van der Waals surface area contributed by atoms with E-state index in [9.17, 15) is 0 Å². The highest BCUT2D eigenvalue weighted by Crippen LogP contribution is 2.34. The van der Waals surface area contributed by atoms with Gasteiger partial charge in [0.1, 0.15) is 23.3 Å². The maximum Gasteiger partial charge on any atom is 0.206 e. The molecule has 0 aliphatic carbocycles. The van der Waals surface area contributed by atoms with Crippen LogP contribution in [-0.2, 0) is 16.1 Å². The molecule has 0 saturated carbocycles. The minimum Gasteiger partial charge on any atom is -0.497 e. The van der Waals surface area contributed by atoms with E-state index in [4.69, 9.17) is 30.5 Å². The predicted molar refractivity (Wildman–Crippen MR) is 111 cm³/mol. The number of halogens is 1. The number of aromatic nitrogens is 2. The molecule has 0 N–H and O–H groups in total. The third-order valence-electron chi connectivity index (χ3n) is 4.41. The number of hydrogen-bond donors (Lipinski definition) is 0. The van der Waals surface area contributed by atoms with Crippen molar-refractivity contribution in [1.82, 2.24) is 9.97 Å². The summed E-state index contributed by atoms with van der Waals surface area (Å²) in [7, 11) is 1.64. The molecule has 1 aliphatic heterocycles. The van der Waals surface area contributed by atoms with E-state index >= 15 is 0 Å². The van der Waals surface area contributed by atoms with Gasteiger partial charge in [-0.05, 0) is 41.8 Å². The fourth-order valence-corrected chi connectivity index (χ4v) is 3.09. The Hall–Kier alpha value is -3.11. The van der Waals surface area contributed by atoms with Crippen LogP contribution in [0.5, 0.6) is 11.5 Å². The molecular weight excluding hydrogens is 404 g/mol. The molecule has 3 aromatic rings. The fourth-order valence-electron chi connectivity index (χ4n) is 2.95. The molecule has 0 bridgehead atoms. The van der Waals surface area contributed by atoms with Gasteiger partial charge in [0, 0.05) is 11.8 Å². The highest BCUT2D eigenvalue weighted by molar-refractivity contribution is 6.29. The molecule has 0 radical (unpaired) electrons. The van der Waals surface area contributed by atoms with Crippen LogP contribution < -0.4 is 9.47 Å². The van der Waals surface area contributed by atoms with E-state index in [1.807, 2.05) is 42.5 Å². The smallest absolute Gasteiger partial charge is 0.206 e. The third kappa shape index (κ3) is 4.89. The standard InChI is InChI=1S/C23H19ClN2O4/c1-27-18-8-5-16(6-9-18)15-30-19-4-2-3-17(22(19)23-28-13-14-29-23)7-10-21-25-12-11-20(24)26-21/h2-6,8-9,11-12,23H,13-15H2,1H3. The quantitative estimate of drug-likeness (QED) is 0.454. The second-order valence-electron chi connectivity index (χ2n) is 6.38. The Morgan fingerprint density at radius 1 is 1.07 bits per heavy atom. The Kier molecular flexibility index (Phi) is 6.45. The van der Waals surface area contributed by atoms with Gasteiger partial charge >= 0.3 is 0 Å². The average Bonchev–Trinajstić information content (AvgIpc) is 3.31. The molecule has 6 nitrogen and oxygen atoms in total. The number of benzene rings is 2. The summed E-state index contributed by atoms with van der Waals surface area (Å²) in [5.41, 5.74) is 2.48. The van der Waals surface area contributed by atoms with Crippen molar-refractivity contribution in [3.63, 3.8) is 0 Å². The van der Waals surface area contributed by atoms with Gasteiger partial charge < -0.3 is 18.9 Å². The Balaban J connectivity index is 1.62. The largest absolute Gasteiger partial charge is 0.497 e. The van der Waals surface area contributed by atoms with Crippen LogP contribution in [-0.4, -0.2) is 30.3 Å². The SMILES string of the molecule is COc1ccc(COc2cccc(C#Cc3nccc(Cl)n3)c2C2OCCO2)cc1. The molecule has 0 spiro atoms. The first kappa shape index (κ1) is 20.2. The molecule has 0 unspecified atom stereocenters. The van der Waals surface area contributed by atoms with E-state index in [-0.39, 0.29) is 0 Å². The van der Waals surface area contributed by atoms with E-state index in [2.05, 4.69) is 21.8 Å². The minimum atomic E-state index is -0.540. The zero-order valence-corrected chi connectivity index (χ0v) is 17.1. The Morgan fingerprint density at radius 3 is 2.60 bits per heavy atom. The Bertz CT molecular complexity index is 1070. The highest BCUT2D eigenvalue weighted by atomic mass is 35.5. The van der Waals surface area contributed by atoms with Crippen molar-refractivity contribution in [3.05, 3.63) is 82.4 Å². The summed E-state index contributed by atoms with van der Waals surface area (Å²) in [5, 5.41) is 0.341. The first-order chi connectivity index (χ1) is 14.7. The van der Waals surface area contributed by atoms with Crippen molar-refractivity contribution in [2.75, 3.05) is 20.3 Å². The van der Waals surface area contributed by atoms with Gasteiger partial charge in [-0.3, -0.25) is 0 Å². The van der Waals surface area contributed by atoms with Gasteiger partial charge in [-0.15, -0.1) is 0 Å². The van der Waals surface area contributed by atoms with Gasteiger partial charge in [-0.25, -0.2) is 9.97 Å². The van der Waals surface area contributed by atoms with Gasteiger partial charge in [-0.2, -0.15) is 0 Å². The van der Waals surface area contributed by atoms with Crippen molar-refractivity contribution in [2.24, 2.45) is 0 Å². The topological polar surface area (TPSA) is 62.7 Å². The fraction of sp³-hybridized carbons (Fsp3) is 0.217. The third-order valence-corrected chi connectivity index (χ3v) is 4.62. The molecule has 152 valence electrons. The summed E-state index contributed by atoms with van der Waals surface area (Å²) >= 11 is 5.92. The Labute approximate surface area is 179 Å². The van der Waals surface area contributed by atoms with Crippen LogP contribution in [0.15, 0.2) is 54.7 Å². The molecule has 0 atom stereocenters. The van der Waals surface area contributed by atoms with Crippen LogP contribution in [0.4, 0.5) is 0 Å². The molecule has 1 aromatic heterocycles. The van der Waals surface area contributed by atoms with Gasteiger partial charge in [0.25, 0.3) is 0 Å². The molecule has 1 saturated heterocycles. The van der Waals surface area contributed by atoms with Crippen molar-refractivity contribution >= 4 is 11.6 Å². The highest BCUT2D eigenvalue weighted by Gasteiger charge is 2.25. The van der Waals surface area contributed by atoms with E-state index in [1.165, 1.54) is 0 Å². The lowest BCUT2D eigenvalue weighted by atomic mass is 10.1. The maximum atomic E-state index is 6.10. The number of nitrogens with zero attached hydrogens (tertiary/aromatic N) is 2. The first-order valence-corrected chi connectivity index (χ1v) is 9.73. The second kappa shape index (κ2) is 9.59. The molecular formula is C23H19ClN2O4. The summed E-state index contributed by atoms with van der Waals surface area (Å²) in [6.45, 7) is 1.42. The predicted octanol–water partition coefficient (Wildman–Crippen LogP) is 4.16. The summed E-state index contributed by atoms with van der Waals surface area (Å²) in [5.74, 6) is 7.83. The molecule has 2 heterocycles. The maximum absolute atomic E-state index is 6.10. The molecule has 1 fully saturated rings. The van der Waals surface area contributed by atoms with Gasteiger partial charge in [0.05, 0.1) is 25.9 Å². The van der Waals surface area contributed by atoms with Gasteiger partial charge in [0.15, 0.2) is 6.29 Å².